The Morgan fingerprint density at radius 2 is 1.96 bits per heavy atom. The van der Waals surface area contributed by atoms with Gasteiger partial charge in [-0.05, 0) is 35.4 Å². The molecule has 0 fully saturated rings. The Balaban J connectivity index is 1.53. The fourth-order valence-corrected chi connectivity index (χ4v) is 3.03. The number of hydrogen-bond acceptors (Lipinski definition) is 4. The van der Waals surface area contributed by atoms with E-state index in [1.807, 2.05) is 49.5 Å². The third kappa shape index (κ3) is 3.21. The normalized spacial score (nSPS) is 13.0. The number of hydrogen-bond donors (Lipinski definition) is 1. The standard InChI is InChI=1S/C20H18N4O/c1-24-17-8-7-16(12-15(17)13-20(24)25)22-18-9-10-21-19(23-18)11-14-5-3-2-4-6-14/h2-10,12H,11,13H2,1H3,(H,21,22,23). The monoisotopic (exact) mass is 330 g/mol. The molecule has 0 saturated heterocycles. The molecule has 0 atom stereocenters. The van der Waals surface area contributed by atoms with E-state index in [0.717, 1.165) is 28.6 Å². The minimum absolute atomic E-state index is 0.124. The maximum absolute atomic E-state index is 11.8. The van der Waals surface area contributed by atoms with E-state index in [2.05, 4.69) is 27.4 Å². The minimum atomic E-state index is 0.124. The van der Waals surface area contributed by atoms with E-state index in [4.69, 9.17) is 0 Å². The number of anilines is 3. The van der Waals surface area contributed by atoms with Gasteiger partial charge in [0.05, 0.1) is 6.42 Å². The smallest absolute Gasteiger partial charge is 0.231 e. The summed E-state index contributed by atoms with van der Waals surface area (Å²) in [5, 5.41) is 3.31. The number of aromatic nitrogens is 2. The molecule has 5 heteroatoms. The number of rotatable bonds is 4. The Hall–Kier alpha value is -3.21. The van der Waals surface area contributed by atoms with Gasteiger partial charge in [0.2, 0.25) is 5.91 Å². The average molecular weight is 330 g/mol. The first kappa shape index (κ1) is 15.3. The number of benzene rings is 2. The predicted octanol–water partition coefficient (Wildman–Crippen LogP) is 3.33. The SMILES string of the molecule is CN1C(=O)Cc2cc(Nc3ccnc(Cc4ccccc4)n3)ccc21. The van der Waals surface area contributed by atoms with Gasteiger partial charge in [-0.2, -0.15) is 0 Å². The molecule has 124 valence electrons. The molecular formula is C20H18N4O. The lowest BCUT2D eigenvalue weighted by Crippen LogP contribution is -2.20. The van der Waals surface area contributed by atoms with E-state index < -0.39 is 0 Å². The van der Waals surface area contributed by atoms with Crippen LogP contribution in [0.15, 0.2) is 60.8 Å². The van der Waals surface area contributed by atoms with Crippen LogP contribution in [-0.4, -0.2) is 22.9 Å². The average Bonchev–Trinajstić information content (AvgIpc) is 2.90. The molecule has 0 aliphatic carbocycles. The van der Waals surface area contributed by atoms with Gasteiger partial charge in [-0.3, -0.25) is 4.79 Å². The van der Waals surface area contributed by atoms with Gasteiger partial charge in [0.15, 0.2) is 0 Å². The number of carbonyl (C=O) groups is 1. The summed E-state index contributed by atoms with van der Waals surface area (Å²) in [5.74, 6) is 1.64. The molecule has 1 aromatic heterocycles. The molecule has 1 aliphatic rings. The third-order valence-electron chi connectivity index (χ3n) is 4.34. The predicted molar refractivity (Wildman–Crippen MR) is 98.1 cm³/mol. The van der Waals surface area contributed by atoms with Gasteiger partial charge in [0, 0.05) is 31.0 Å². The molecule has 0 bridgehead atoms. The van der Waals surface area contributed by atoms with Gasteiger partial charge in [-0.15, -0.1) is 0 Å². The molecule has 0 saturated carbocycles. The number of nitrogens with one attached hydrogen (secondary N) is 1. The van der Waals surface area contributed by atoms with Crippen LogP contribution in [0.2, 0.25) is 0 Å². The molecule has 5 nitrogen and oxygen atoms in total. The van der Waals surface area contributed by atoms with Crippen LogP contribution in [0.5, 0.6) is 0 Å². The Morgan fingerprint density at radius 1 is 1.12 bits per heavy atom. The van der Waals surface area contributed by atoms with E-state index in [0.29, 0.717) is 12.8 Å². The van der Waals surface area contributed by atoms with Gasteiger partial charge >= 0.3 is 0 Å². The van der Waals surface area contributed by atoms with Gasteiger partial charge in [0.25, 0.3) is 0 Å². The molecule has 2 heterocycles. The zero-order chi connectivity index (χ0) is 17.2. The van der Waals surface area contributed by atoms with Crippen LogP contribution in [0.4, 0.5) is 17.2 Å². The first-order valence-electron chi connectivity index (χ1n) is 8.21. The van der Waals surface area contributed by atoms with Crippen LogP contribution < -0.4 is 10.2 Å². The van der Waals surface area contributed by atoms with Crippen LogP contribution in [-0.2, 0) is 17.6 Å². The molecule has 0 spiro atoms. The quantitative estimate of drug-likeness (QED) is 0.797. The van der Waals surface area contributed by atoms with Crippen molar-refractivity contribution in [1.82, 2.24) is 9.97 Å². The molecular weight excluding hydrogens is 312 g/mol. The number of nitrogens with zero attached hydrogens (tertiary/aromatic N) is 3. The highest BCUT2D eigenvalue weighted by atomic mass is 16.2. The maximum Gasteiger partial charge on any atom is 0.231 e. The van der Waals surface area contributed by atoms with E-state index in [9.17, 15) is 4.79 Å². The Labute approximate surface area is 146 Å². The van der Waals surface area contributed by atoms with Crippen molar-refractivity contribution in [2.24, 2.45) is 0 Å². The van der Waals surface area contributed by atoms with Crippen molar-refractivity contribution in [3.63, 3.8) is 0 Å². The second-order valence-electron chi connectivity index (χ2n) is 6.12. The van der Waals surface area contributed by atoms with E-state index in [1.54, 1.807) is 11.1 Å². The number of carbonyl (C=O) groups excluding carboxylic acids is 1. The third-order valence-corrected chi connectivity index (χ3v) is 4.34. The molecule has 1 amide bonds. The maximum atomic E-state index is 11.8. The highest BCUT2D eigenvalue weighted by Crippen LogP contribution is 2.30. The lowest BCUT2D eigenvalue weighted by atomic mass is 10.1. The van der Waals surface area contributed by atoms with Crippen LogP contribution in [0.3, 0.4) is 0 Å². The molecule has 1 aliphatic heterocycles. The first-order valence-corrected chi connectivity index (χ1v) is 8.21. The van der Waals surface area contributed by atoms with Gasteiger partial charge in [-0.25, -0.2) is 9.97 Å². The van der Waals surface area contributed by atoms with Crippen LogP contribution in [0.1, 0.15) is 17.0 Å². The minimum Gasteiger partial charge on any atom is -0.340 e. The van der Waals surface area contributed by atoms with Gasteiger partial charge in [0.1, 0.15) is 11.6 Å². The topological polar surface area (TPSA) is 58.1 Å². The summed E-state index contributed by atoms with van der Waals surface area (Å²) in [4.78, 5) is 22.4. The molecule has 1 N–H and O–H groups in total. The zero-order valence-corrected chi connectivity index (χ0v) is 13.9. The van der Waals surface area contributed by atoms with Crippen molar-refractivity contribution in [2.45, 2.75) is 12.8 Å². The summed E-state index contributed by atoms with van der Waals surface area (Å²) in [5.41, 5.74) is 4.11. The summed E-state index contributed by atoms with van der Waals surface area (Å²) in [6.45, 7) is 0. The van der Waals surface area contributed by atoms with Crippen molar-refractivity contribution in [2.75, 3.05) is 17.3 Å². The summed E-state index contributed by atoms with van der Waals surface area (Å²) in [6, 6.07) is 17.9. The van der Waals surface area contributed by atoms with E-state index >= 15 is 0 Å². The second kappa shape index (κ2) is 6.36. The first-order chi connectivity index (χ1) is 12.2. The fraction of sp³-hybridized carbons (Fsp3) is 0.150. The van der Waals surface area contributed by atoms with Crippen molar-refractivity contribution in [3.8, 4) is 0 Å². The molecule has 0 radical (unpaired) electrons. The van der Waals surface area contributed by atoms with Crippen LogP contribution in [0.25, 0.3) is 0 Å². The largest absolute Gasteiger partial charge is 0.340 e. The van der Waals surface area contributed by atoms with Crippen molar-refractivity contribution in [1.29, 1.82) is 0 Å². The molecule has 2 aromatic carbocycles. The van der Waals surface area contributed by atoms with Gasteiger partial charge < -0.3 is 10.2 Å². The van der Waals surface area contributed by atoms with Crippen molar-refractivity contribution in [3.05, 3.63) is 77.7 Å². The van der Waals surface area contributed by atoms with Crippen molar-refractivity contribution >= 4 is 23.1 Å². The second-order valence-corrected chi connectivity index (χ2v) is 6.12. The number of fused-ring (bicyclic) bond motifs is 1. The zero-order valence-electron chi connectivity index (χ0n) is 13.9. The Morgan fingerprint density at radius 3 is 2.80 bits per heavy atom. The summed E-state index contributed by atoms with van der Waals surface area (Å²) < 4.78 is 0. The summed E-state index contributed by atoms with van der Waals surface area (Å²) in [7, 11) is 1.81. The Bertz CT molecular complexity index is 924. The fourth-order valence-electron chi connectivity index (χ4n) is 3.03. The molecule has 0 unspecified atom stereocenters. The summed E-state index contributed by atoms with van der Waals surface area (Å²) >= 11 is 0. The highest BCUT2D eigenvalue weighted by Gasteiger charge is 2.23. The van der Waals surface area contributed by atoms with Crippen LogP contribution >= 0.6 is 0 Å². The molecule has 3 aromatic rings. The van der Waals surface area contributed by atoms with Crippen LogP contribution in [0, 0.1) is 0 Å². The Kier molecular flexibility index (Phi) is 3.90. The highest BCUT2D eigenvalue weighted by molar-refractivity contribution is 6.01. The summed E-state index contributed by atoms with van der Waals surface area (Å²) in [6.07, 6.45) is 2.91. The molecule has 4 rings (SSSR count). The molecule has 25 heavy (non-hydrogen) atoms. The lowest BCUT2D eigenvalue weighted by Gasteiger charge is -2.11. The number of likely N-dealkylation sites (N-methyl/N-ethyl adjacent to an activating group) is 1. The van der Waals surface area contributed by atoms with E-state index in [1.165, 1.54) is 5.56 Å². The van der Waals surface area contributed by atoms with Gasteiger partial charge in [-0.1, -0.05) is 30.3 Å². The lowest BCUT2D eigenvalue weighted by molar-refractivity contribution is -0.117. The van der Waals surface area contributed by atoms with E-state index in [-0.39, 0.29) is 5.91 Å². The van der Waals surface area contributed by atoms with Crippen molar-refractivity contribution < 1.29 is 4.79 Å². The number of amides is 1.